The molecule has 0 spiro atoms. The molecule has 2 aromatic rings. The molecule has 6 heteroatoms. The van der Waals surface area contributed by atoms with Crippen LogP contribution in [-0.4, -0.2) is 67.6 Å². The fourth-order valence-corrected chi connectivity index (χ4v) is 4.32. The zero-order valence-corrected chi connectivity index (χ0v) is 19.1. The number of nitrogens with zero attached hydrogens (tertiary/aromatic N) is 3. The lowest BCUT2D eigenvalue weighted by molar-refractivity contribution is -0.137. The number of para-hydroxylation sites is 1. The van der Waals surface area contributed by atoms with E-state index in [1.807, 2.05) is 74.2 Å². The number of hydrogen-bond donors (Lipinski definition) is 0. The fourth-order valence-electron chi connectivity index (χ4n) is 4.32. The molecule has 168 valence electrons. The van der Waals surface area contributed by atoms with Gasteiger partial charge in [0.05, 0.1) is 18.8 Å². The van der Waals surface area contributed by atoms with E-state index in [1.54, 1.807) is 0 Å². The van der Waals surface area contributed by atoms with Crippen LogP contribution in [0.1, 0.15) is 23.6 Å². The smallest absolute Gasteiger partial charge is 0.278 e. The number of morpholine rings is 1. The van der Waals surface area contributed by atoms with Crippen molar-refractivity contribution in [2.75, 3.05) is 50.8 Å². The van der Waals surface area contributed by atoms with Gasteiger partial charge in [0, 0.05) is 38.4 Å². The largest absolute Gasteiger partial charge is 0.379 e. The number of anilines is 1. The third-order valence-corrected chi connectivity index (χ3v) is 6.34. The van der Waals surface area contributed by atoms with Gasteiger partial charge in [-0.2, -0.15) is 0 Å². The Morgan fingerprint density at radius 1 is 0.906 bits per heavy atom. The minimum absolute atomic E-state index is 0.212. The summed E-state index contributed by atoms with van der Waals surface area (Å²) in [6.07, 6.45) is 0. The molecule has 2 heterocycles. The topological polar surface area (TPSA) is 53.1 Å². The molecule has 0 unspecified atom stereocenters. The van der Waals surface area contributed by atoms with Crippen LogP contribution in [0.5, 0.6) is 0 Å². The van der Waals surface area contributed by atoms with E-state index in [1.165, 1.54) is 4.90 Å². The summed E-state index contributed by atoms with van der Waals surface area (Å²) in [5.74, 6) is -0.432. The summed E-state index contributed by atoms with van der Waals surface area (Å²) in [5.41, 5.74) is 4.92. The first kappa shape index (κ1) is 22.2. The monoisotopic (exact) mass is 433 g/mol. The Morgan fingerprint density at radius 2 is 1.62 bits per heavy atom. The van der Waals surface area contributed by atoms with Crippen LogP contribution < -0.4 is 4.90 Å². The molecule has 0 N–H and O–H groups in total. The lowest BCUT2D eigenvalue weighted by Gasteiger charge is -2.28. The Labute approximate surface area is 190 Å². The fraction of sp³-hybridized carbons (Fsp3) is 0.385. The Morgan fingerprint density at radius 3 is 2.28 bits per heavy atom. The molecule has 1 saturated heterocycles. The van der Waals surface area contributed by atoms with Gasteiger partial charge in [0.1, 0.15) is 5.70 Å². The van der Waals surface area contributed by atoms with Crippen LogP contribution >= 0.6 is 0 Å². The minimum Gasteiger partial charge on any atom is -0.379 e. The summed E-state index contributed by atoms with van der Waals surface area (Å²) in [4.78, 5) is 32.9. The highest BCUT2D eigenvalue weighted by Gasteiger charge is 2.41. The van der Waals surface area contributed by atoms with Crippen molar-refractivity contribution in [3.63, 3.8) is 0 Å². The van der Waals surface area contributed by atoms with E-state index in [9.17, 15) is 9.59 Å². The first-order valence-electron chi connectivity index (χ1n) is 11.3. The molecule has 2 aliphatic rings. The average Bonchev–Trinajstić information content (AvgIpc) is 3.06. The number of carbonyl (C=O) groups is 2. The summed E-state index contributed by atoms with van der Waals surface area (Å²) < 4.78 is 5.42. The standard InChI is InChI=1S/C26H31N3O3/c1-4-28(22-8-6-5-7-9-22)24-23(21-11-10-19(2)20(3)18-21)25(30)29(26(24)31)13-12-27-14-16-32-17-15-27/h5-11,18H,4,12-17H2,1-3H3. The van der Waals surface area contributed by atoms with Crippen LogP contribution in [0.2, 0.25) is 0 Å². The molecule has 6 nitrogen and oxygen atoms in total. The third kappa shape index (κ3) is 4.33. The highest BCUT2D eigenvalue weighted by molar-refractivity contribution is 6.36. The Hall–Kier alpha value is -2.96. The second kappa shape index (κ2) is 9.67. The number of imide groups is 1. The van der Waals surface area contributed by atoms with E-state index in [0.29, 0.717) is 44.1 Å². The van der Waals surface area contributed by atoms with Crippen molar-refractivity contribution >= 4 is 23.1 Å². The summed E-state index contributed by atoms with van der Waals surface area (Å²) in [6.45, 7) is 10.7. The van der Waals surface area contributed by atoms with Gasteiger partial charge in [0.2, 0.25) is 0 Å². The zero-order valence-electron chi connectivity index (χ0n) is 19.1. The minimum atomic E-state index is -0.220. The van der Waals surface area contributed by atoms with Gasteiger partial charge >= 0.3 is 0 Å². The molecule has 0 bridgehead atoms. The molecular weight excluding hydrogens is 402 g/mol. The molecule has 2 aliphatic heterocycles. The second-order valence-electron chi connectivity index (χ2n) is 8.32. The number of ether oxygens (including phenoxy) is 1. The predicted octanol–water partition coefficient (Wildman–Crippen LogP) is 3.24. The Balaban J connectivity index is 1.72. The van der Waals surface area contributed by atoms with E-state index in [2.05, 4.69) is 4.90 Å². The van der Waals surface area contributed by atoms with Crippen molar-refractivity contribution < 1.29 is 14.3 Å². The van der Waals surface area contributed by atoms with E-state index in [-0.39, 0.29) is 11.8 Å². The summed E-state index contributed by atoms with van der Waals surface area (Å²) >= 11 is 0. The van der Waals surface area contributed by atoms with Crippen molar-refractivity contribution in [1.29, 1.82) is 0 Å². The summed E-state index contributed by atoms with van der Waals surface area (Å²) in [7, 11) is 0. The van der Waals surface area contributed by atoms with Gasteiger partial charge < -0.3 is 9.64 Å². The third-order valence-electron chi connectivity index (χ3n) is 6.34. The molecule has 1 fully saturated rings. The van der Waals surface area contributed by atoms with E-state index in [4.69, 9.17) is 4.74 Å². The Kier molecular flexibility index (Phi) is 6.72. The maximum Gasteiger partial charge on any atom is 0.278 e. The normalized spacial score (nSPS) is 17.4. The summed E-state index contributed by atoms with van der Waals surface area (Å²) in [6, 6.07) is 15.8. The van der Waals surface area contributed by atoms with Crippen LogP contribution in [-0.2, 0) is 14.3 Å². The highest BCUT2D eigenvalue weighted by atomic mass is 16.5. The summed E-state index contributed by atoms with van der Waals surface area (Å²) in [5, 5.41) is 0. The second-order valence-corrected chi connectivity index (χ2v) is 8.32. The van der Waals surface area contributed by atoms with Gasteiger partial charge in [-0.05, 0) is 49.6 Å². The first-order chi connectivity index (χ1) is 15.5. The van der Waals surface area contributed by atoms with Crippen LogP contribution in [0.15, 0.2) is 54.2 Å². The van der Waals surface area contributed by atoms with Gasteiger partial charge in [-0.3, -0.25) is 19.4 Å². The van der Waals surface area contributed by atoms with Gasteiger partial charge in [-0.15, -0.1) is 0 Å². The number of hydrogen-bond acceptors (Lipinski definition) is 5. The average molecular weight is 434 g/mol. The number of likely N-dealkylation sites (N-methyl/N-ethyl adjacent to an activating group) is 1. The van der Waals surface area contributed by atoms with Crippen molar-refractivity contribution in [3.8, 4) is 0 Å². The molecule has 0 atom stereocenters. The van der Waals surface area contributed by atoms with Gasteiger partial charge in [-0.25, -0.2) is 0 Å². The van der Waals surface area contributed by atoms with E-state index in [0.717, 1.165) is 35.5 Å². The maximum absolute atomic E-state index is 13.7. The SMILES string of the molecule is CCN(C1=C(c2ccc(C)c(C)c2)C(=O)N(CCN2CCOCC2)C1=O)c1ccccc1. The van der Waals surface area contributed by atoms with Crippen LogP contribution in [0.4, 0.5) is 5.69 Å². The van der Waals surface area contributed by atoms with E-state index >= 15 is 0 Å². The Bertz CT molecular complexity index is 1030. The van der Waals surface area contributed by atoms with Crippen molar-refractivity contribution in [2.24, 2.45) is 0 Å². The number of carbonyl (C=O) groups excluding carboxylic acids is 2. The molecule has 4 rings (SSSR count). The number of rotatable bonds is 7. The van der Waals surface area contributed by atoms with Crippen molar-refractivity contribution in [3.05, 3.63) is 70.9 Å². The lowest BCUT2D eigenvalue weighted by atomic mass is 9.99. The van der Waals surface area contributed by atoms with E-state index < -0.39 is 0 Å². The maximum atomic E-state index is 13.7. The first-order valence-corrected chi connectivity index (χ1v) is 11.3. The van der Waals surface area contributed by atoms with Crippen molar-refractivity contribution in [2.45, 2.75) is 20.8 Å². The number of benzene rings is 2. The van der Waals surface area contributed by atoms with Gasteiger partial charge in [0.15, 0.2) is 0 Å². The molecule has 32 heavy (non-hydrogen) atoms. The van der Waals surface area contributed by atoms with Crippen LogP contribution in [0.25, 0.3) is 5.57 Å². The quantitative estimate of drug-likeness (QED) is 0.628. The molecule has 0 saturated carbocycles. The van der Waals surface area contributed by atoms with Crippen LogP contribution in [0, 0.1) is 13.8 Å². The molecular formula is C26H31N3O3. The van der Waals surface area contributed by atoms with Gasteiger partial charge in [0.25, 0.3) is 11.8 Å². The molecule has 0 aliphatic carbocycles. The number of amides is 2. The highest BCUT2D eigenvalue weighted by Crippen LogP contribution is 2.34. The molecule has 2 amide bonds. The van der Waals surface area contributed by atoms with Crippen molar-refractivity contribution in [1.82, 2.24) is 9.80 Å². The van der Waals surface area contributed by atoms with Gasteiger partial charge in [-0.1, -0.05) is 36.4 Å². The van der Waals surface area contributed by atoms with Crippen LogP contribution in [0.3, 0.4) is 0 Å². The lowest BCUT2D eigenvalue weighted by Crippen LogP contribution is -2.44. The molecule has 2 aromatic carbocycles. The zero-order chi connectivity index (χ0) is 22.7. The predicted molar refractivity (Wildman–Crippen MR) is 126 cm³/mol. The number of aryl methyl sites for hydroxylation is 2. The molecule has 0 radical (unpaired) electrons. The molecule has 0 aromatic heterocycles.